The van der Waals surface area contributed by atoms with Crippen LogP contribution in [0.3, 0.4) is 0 Å². The smallest absolute Gasteiger partial charge is 0.207 e. The Morgan fingerprint density at radius 2 is 2.12 bits per heavy atom. The summed E-state index contributed by atoms with van der Waals surface area (Å²) in [6.07, 6.45) is 5.18. The van der Waals surface area contributed by atoms with E-state index >= 15 is 0 Å². The van der Waals surface area contributed by atoms with E-state index in [0.717, 1.165) is 12.1 Å². The van der Waals surface area contributed by atoms with Crippen molar-refractivity contribution in [2.45, 2.75) is 24.3 Å². The first-order chi connectivity index (χ1) is 7.86. The third-order valence-electron chi connectivity index (χ3n) is 1.96. The van der Waals surface area contributed by atoms with E-state index in [-0.39, 0.29) is 6.42 Å². The number of nitrogens with one attached hydrogen (secondary N) is 1. The summed E-state index contributed by atoms with van der Waals surface area (Å²) in [6.45, 7) is 1.54. The fraction of sp³-hybridized carbons (Fsp3) is 0.273. The van der Waals surface area contributed by atoms with Gasteiger partial charge in [-0.25, -0.2) is 21.9 Å². The summed E-state index contributed by atoms with van der Waals surface area (Å²) >= 11 is 0. The second-order valence-electron chi connectivity index (χ2n) is 3.51. The average Bonchev–Trinajstić information content (AvgIpc) is 2.21. The van der Waals surface area contributed by atoms with E-state index in [9.17, 15) is 17.2 Å². The predicted molar refractivity (Wildman–Crippen MR) is 59.6 cm³/mol. The minimum atomic E-state index is -4.10. The molecule has 0 fully saturated rings. The van der Waals surface area contributed by atoms with Gasteiger partial charge >= 0.3 is 0 Å². The molecule has 0 heterocycles. The van der Waals surface area contributed by atoms with Crippen LogP contribution >= 0.6 is 0 Å². The molecule has 0 aliphatic carbocycles. The molecule has 0 saturated carbocycles. The Labute approximate surface area is 98.9 Å². The molecule has 1 unspecified atom stereocenters. The van der Waals surface area contributed by atoms with E-state index in [1.165, 1.54) is 6.92 Å². The molecule has 0 aromatic heterocycles. The number of rotatable bonds is 4. The van der Waals surface area contributed by atoms with Gasteiger partial charge < -0.3 is 0 Å². The molecular formula is C11H11F2NO2S. The molecule has 6 heteroatoms. The zero-order chi connectivity index (χ0) is 13.1. The van der Waals surface area contributed by atoms with Crippen LogP contribution in [0.4, 0.5) is 8.78 Å². The van der Waals surface area contributed by atoms with Crippen LogP contribution in [-0.2, 0) is 10.0 Å². The minimum Gasteiger partial charge on any atom is -0.207 e. The van der Waals surface area contributed by atoms with Gasteiger partial charge in [0.15, 0.2) is 0 Å². The second-order valence-corrected chi connectivity index (χ2v) is 5.19. The second kappa shape index (κ2) is 5.25. The van der Waals surface area contributed by atoms with E-state index in [0.29, 0.717) is 6.07 Å². The SMILES string of the molecule is C#CCC(C)NS(=O)(=O)c1cc(F)ccc1F. The summed E-state index contributed by atoms with van der Waals surface area (Å²) in [5.41, 5.74) is 0. The van der Waals surface area contributed by atoms with Gasteiger partial charge in [0.2, 0.25) is 10.0 Å². The monoisotopic (exact) mass is 259 g/mol. The van der Waals surface area contributed by atoms with E-state index in [1.807, 2.05) is 0 Å². The summed E-state index contributed by atoms with van der Waals surface area (Å²) in [5, 5.41) is 0. The average molecular weight is 259 g/mol. The van der Waals surface area contributed by atoms with Gasteiger partial charge in [0.1, 0.15) is 16.5 Å². The number of terminal acetylenes is 1. The molecule has 3 nitrogen and oxygen atoms in total. The highest BCUT2D eigenvalue weighted by atomic mass is 32.2. The maximum atomic E-state index is 13.3. The van der Waals surface area contributed by atoms with Crippen molar-refractivity contribution in [2.24, 2.45) is 0 Å². The Morgan fingerprint density at radius 1 is 1.47 bits per heavy atom. The van der Waals surface area contributed by atoms with Crippen LogP contribution in [0, 0.1) is 24.0 Å². The van der Waals surface area contributed by atoms with Crippen molar-refractivity contribution >= 4 is 10.0 Å². The molecule has 17 heavy (non-hydrogen) atoms. The molecule has 0 saturated heterocycles. The number of hydrogen-bond donors (Lipinski definition) is 1. The van der Waals surface area contributed by atoms with Crippen LogP contribution in [0.2, 0.25) is 0 Å². The van der Waals surface area contributed by atoms with Crippen LogP contribution in [-0.4, -0.2) is 14.5 Å². The maximum Gasteiger partial charge on any atom is 0.243 e. The van der Waals surface area contributed by atoms with Crippen molar-refractivity contribution in [2.75, 3.05) is 0 Å². The molecule has 0 aliphatic rings. The van der Waals surface area contributed by atoms with Crippen molar-refractivity contribution in [1.29, 1.82) is 0 Å². The zero-order valence-electron chi connectivity index (χ0n) is 9.07. The summed E-state index contributed by atoms with van der Waals surface area (Å²) in [6, 6.07) is 1.68. The summed E-state index contributed by atoms with van der Waals surface area (Å²) in [7, 11) is -4.10. The highest BCUT2D eigenvalue weighted by Crippen LogP contribution is 2.16. The normalized spacial score (nSPS) is 13.1. The lowest BCUT2D eigenvalue weighted by Crippen LogP contribution is -2.32. The van der Waals surface area contributed by atoms with Gasteiger partial charge in [-0.2, -0.15) is 0 Å². The molecule has 0 aliphatic heterocycles. The van der Waals surface area contributed by atoms with Gasteiger partial charge in [0.25, 0.3) is 0 Å². The van der Waals surface area contributed by atoms with Gasteiger partial charge in [-0.3, -0.25) is 0 Å². The lowest BCUT2D eigenvalue weighted by atomic mass is 10.3. The molecule has 1 aromatic rings. The molecule has 0 radical (unpaired) electrons. The number of hydrogen-bond acceptors (Lipinski definition) is 2. The topological polar surface area (TPSA) is 46.2 Å². The van der Waals surface area contributed by atoms with Crippen LogP contribution < -0.4 is 4.72 Å². The quantitative estimate of drug-likeness (QED) is 0.836. The first-order valence-corrected chi connectivity index (χ1v) is 6.26. The molecule has 1 rings (SSSR count). The van der Waals surface area contributed by atoms with Crippen molar-refractivity contribution in [3.63, 3.8) is 0 Å². The Kier molecular flexibility index (Phi) is 4.21. The third-order valence-corrected chi connectivity index (χ3v) is 3.57. The lowest BCUT2D eigenvalue weighted by Gasteiger charge is -2.12. The molecule has 0 bridgehead atoms. The van der Waals surface area contributed by atoms with Crippen LogP contribution in [0.15, 0.2) is 23.1 Å². The molecular weight excluding hydrogens is 248 g/mol. The van der Waals surface area contributed by atoms with Crippen molar-refractivity contribution < 1.29 is 17.2 Å². The number of halogens is 2. The summed E-state index contributed by atoms with van der Waals surface area (Å²) in [5.74, 6) is 0.442. The third kappa shape index (κ3) is 3.51. The van der Waals surface area contributed by atoms with Crippen molar-refractivity contribution in [3.8, 4) is 12.3 Å². The van der Waals surface area contributed by atoms with E-state index in [2.05, 4.69) is 10.6 Å². The number of sulfonamides is 1. The number of benzene rings is 1. The lowest BCUT2D eigenvalue weighted by molar-refractivity contribution is 0.536. The van der Waals surface area contributed by atoms with Gasteiger partial charge in [0, 0.05) is 12.5 Å². The Hall–Kier alpha value is -1.45. The molecule has 1 aromatic carbocycles. The van der Waals surface area contributed by atoms with Gasteiger partial charge in [-0.15, -0.1) is 12.3 Å². The fourth-order valence-corrected chi connectivity index (χ4v) is 2.56. The van der Waals surface area contributed by atoms with E-state index in [4.69, 9.17) is 6.42 Å². The maximum absolute atomic E-state index is 13.3. The Morgan fingerprint density at radius 3 is 2.71 bits per heavy atom. The first kappa shape index (κ1) is 13.6. The van der Waals surface area contributed by atoms with Crippen LogP contribution in [0.1, 0.15) is 13.3 Å². The first-order valence-electron chi connectivity index (χ1n) is 4.77. The Balaban J connectivity index is 3.06. The summed E-state index contributed by atoms with van der Waals surface area (Å²) < 4.78 is 51.7. The fourth-order valence-electron chi connectivity index (χ4n) is 1.23. The molecule has 0 spiro atoms. The van der Waals surface area contributed by atoms with Gasteiger partial charge in [0.05, 0.1) is 0 Å². The zero-order valence-corrected chi connectivity index (χ0v) is 9.89. The highest BCUT2D eigenvalue weighted by molar-refractivity contribution is 7.89. The predicted octanol–water partition coefficient (Wildman–Crippen LogP) is 1.65. The molecule has 1 atom stereocenters. The van der Waals surface area contributed by atoms with Crippen molar-refractivity contribution in [1.82, 2.24) is 4.72 Å². The minimum absolute atomic E-state index is 0.163. The standard InChI is InChI=1S/C11H11F2NO2S/c1-3-4-8(2)14-17(15,16)11-7-9(12)5-6-10(11)13/h1,5-8,14H,4H2,2H3. The van der Waals surface area contributed by atoms with Gasteiger partial charge in [-0.05, 0) is 25.1 Å². The van der Waals surface area contributed by atoms with E-state index < -0.39 is 32.6 Å². The van der Waals surface area contributed by atoms with Crippen LogP contribution in [0.25, 0.3) is 0 Å². The highest BCUT2D eigenvalue weighted by Gasteiger charge is 2.21. The largest absolute Gasteiger partial charge is 0.243 e. The van der Waals surface area contributed by atoms with Crippen molar-refractivity contribution in [3.05, 3.63) is 29.8 Å². The molecule has 0 amide bonds. The summed E-state index contributed by atoms with van der Waals surface area (Å²) in [4.78, 5) is -0.721. The molecule has 1 N–H and O–H groups in total. The Bertz CT molecular complexity index is 549. The molecule has 92 valence electrons. The van der Waals surface area contributed by atoms with Gasteiger partial charge in [-0.1, -0.05) is 0 Å². The van der Waals surface area contributed by atoms with E-state index in [1.54, 1.807) is 0 Å². The van der Waals surface area contributed by atoms with Crippen LogP contribution in [0.5, 0.6) is 0 Å².